The molecule has 2 fully saturated rings. The van der Waals surface area contributed by atoms with Crippen molar-refractivity contribution in [2.75, 3.05) is 32.8 Å². The summed E-state index contributed by atoms with van der Waals surface area (Å²) in [5.41, 5.74) is 6.24. The molecular weight excluding hydrogens is 413 g/mol. The van der Waals surface area contributed by atoms with Crippen LogP contribution in [0.4, 0.5) is 0 Å². The van der Waals surface area contributed by atoms with Crippen LogP contribution in [0.25, 0.3) is 0 Å². The van der Waals surface area contributed by atoms with Crippen molar-refractivity contribution >= 4 is 42.3 Å². The molecule has 27 heavy (non-hydrogen) atoms. The van der Waals surface area contributed by atoms with Gasteiger partial charge in [-0.15, -0.1) is 24.8 Å². The van der Waals surface area contributed by atoms with Crippen molar-refractivity contribution in [3.8, 4) is 0 Å². The summed E-state index contributed by atoms with van der Waals surface area (Å²) in [6.07, 6.45) is 7.15. The van der Waals surface area contributed by atoms with Gasteiger partial charge < -0.3 is 15.8 Å². The summed E-state index contributed by atoms with van der Waals surface area (Å²) >= 11 is 5.85. The molecule has 156 valence electrons. The number of likely N-dealkylation sites (tertiary alicyclic amines) is 1. The van der Waals surface area contributed by atoms with Gasteiger partial charge in [-0.2, -0.15) is 5.10 Å². The number of ether oxygens (including phenoxy) is 1. The average molecular weight is 443 g/mol. The summed E-state index contributed by atoms with van der Waals surface area (Å²) in [6.45, 7) is 4.45. The molecule has 3 N–H and O–H groups in total. The molecule has 2 atom stereocenters. The molecular formula is C17H30Cl3N5O2. The van der Waals surface area contributed by atoms with Crippen LogP contribution >= 0.6 is 36.4 Å². The number of nitrogens with zero attached hydrogens (tertiary/aromatic N) is 3. The van der Waals surface area contributed by atoms with E-state index >= 15 is 0 Å². The zero-order valence-corrected chi connectivity index (χ0v) is 17.8. The lowest BCUT2D eigenvalue weighted by molar-refractivity contribution is -0.126. The number of hydrogen-bond donors (Lipinski definition) is 2. The highest BCUT2D eigenvalue weighted by molar-refractivity contribution is 6.30. The third-order valence-electron chi connectivity index (χ3n) is 5.13. The molecule has 1 amide bonds. The molecule has 0 saturated carbocycles. The Labute approximate surface area is 178 Å². The molecule has 0 unspecified atom stereocenters. The first-order valence-electron chi connectivity index (χ1n) is 9.15. The lowest BCUT2D eigenvalue weighted by Gasteiger charge is -2.35. The molecule has 3 heterocycles. The Hall–Kier alpha value is -0.570. The smallest absolute Gasteiger partial charge is 0.224 e. The molecule has 2 saturated heterocycles. The molecule has 0 aliphatic carbocycles. The maximum atomic E-state index is 12.6. The van der Waals surface area contributed by atoms with E-state index in [0.29, 0.717) is 24.2 Å². The number of carbonyl (C=O) groups is 1. The highest BCUT2D eigenvalue weighted by Crippen LogP contribution is 2.22. The largest absolute Gasteiger partial charge is 0.381 e. The van der Waals surface area contributed by atoms with E-state index in [1.807, 2.05) is 0 Å². The first-order valence-corrected chi connectivity index (χ1v) is 9.52. The van der Waals surface area contributed by atoms with Crippen molar-refractivity contribution in [1.29, 1.82) is 0 Å². The van der Waals surface area contributed by atoms with Gasteiger partial charge in [-0.25, -0.2) is 0 Å². The van der Waals surface area contributed by atoms with Crippen LogP contribution in [-0.4, -0.2) is 65.5 Å². The van der Waals surface area contributed by atoms with Gasteiger partial charge in [0.05, 0.1) is 23.7 Å². The minimum absolute atomic E-state index is 0. The predicted molar refractivity (Wildman–Crippen MR) is 111 cm³/mol. The third kappa shape index (κ3) is 7.40. The Kier molecular flexibility index (Phi) is 11.0. The number of aromatic nitrogens is 2. The van der Waals surface area contributed by atoms with E-state index in [0.717, 1.165) is 52.0 Å². The molecule has 0 spiro atoms. The van der Waals surface area contributed by atoms with Crippen LogP contribution in [0.15, 0.2) is 12.4 Å². The molecule has 0 aromatic carbocycles. The number of nitrogens with one attached hydrogen (secondary N) is 1. The van der Waals surface area contributed by atoms with Crippen molar-refractivity contribution in [1.82, 2.24) is 20.0 Å². The van der Waals surface area contributed by atoms with Crippen molar-refractivity contribution in [3.05, 3.63) is 17.4 Å². The fraction of sp³-hybridized carbons (Fsp3) is 0.765. The van der Waals surface area contributed by atoms with E-state index < -0.39 is 0 Å². The Morgan fingerprint density at radius 1 is 1.26 bits per heavy atom. The van der Waals surface area contributed by atoms with E-state index in [9.17, 15) is 4.79 Å². The molecule has 7 nitrogen and oxygen atoms in total. The van der Waals surface area contributed by atoms with E-state index in [1.54, 1.807) is 17.1 Å². The molecule has 10 heteroatoms. The fourth-order valence-electron chi connectivity index (χ4n) is 3.72. The lowest BCUT2D eigenvalue weighted by atomic mass is 10.0. The second-order valence-electron chi connectivity index (χ2n) is 7.04. The summed E-state index contributed by atoms with van der Waals surface area (Å²) in [6, 6.07) is 0.631. The first kappa shape index (κ1) is 24.5. The summed E-state index contributed by atoms with van der Waals surface area (Å²) in [5.74, 6) is 0.113. The van der Waals surface area contributed by atoms with E-state index in [1.165, 1.54) is 0 Å². The quantitative estimate of drug-likeness (QED) is 0.725. The van der Waals surface area contributed by atoms with E-state index in [4.69, 9.17) is 22.1 Å². The van der Waals surface area contributed by atoms with Crippen LogP contribution in [0.3, 0.4) is 0 Å². The Morgan fingerprint density at radius 3 is 2.67 bits per heavy atom. The molecule has 0 radical (unpaired) electrons. The number of nitrogens with two attached hydrogens (primary N) is 1. The number of amides is 1. The van der Waals surface area contributed by atoms with Crippen molar-refractivity contribution in [2.24, 2.45) is 11.7 Å². The molecule has 1 aromatic rings. The van der Waals surface area contributed by atoms with E-state index in [2.05, 4.69) is 15.3 Å². The monoisotopic (exact) mass is 441 g/mol. The zero-order valence-electron chi connectivity index (χ0n) is 15.4. The van der Waals surface area contributed by atoms with Crippen LogP contribution in [-0.2, 0) is 16.1 Å². The average Bonchev–Trinajstić information content (AvgIpc) is 2.92. The number of carbonyl (C=O) groups excluding carboxylic acids is 1. The molecule has 2 aliphatic heterocycles. The first-order chi connectivity index (χ1) is 12.1. The number of hydrogen-bond acceptors (Lipinski definition) is 5. The highest BCUT2D eigenvalue weighted by Gasteiger charge is 2.31. The van der Waals surface area contributed by atoms with Crippen molar-refractivity contribution in [3.63, 3.8) is 0 Å². The SMILES string of the molecule is Cl.Cl.N[C@H]1CC[C@@H](C(=O)NCCn2cc(Cl)cn2)CN(C2CCOCC2)C1. The maximum Gasteiger partial charge on any atom is 0.224 e. The lowest BCUT2D eigenvalue weighted by Crippen LogP contribution is -2.47. The Bertz CT molecular complexity index is 569. The number of halogens is 3. The summed E-state index contributed by atoms with van der Waals surface area (Å²) in [4.78, 5) is 15.0. The molecule has 0 bridgehead atoms. The fourth-order valence-corrected chi connectivity index (χ4v) is 3.87. The van der Waals surface area contributed by atoms with Crippen LogP contribution < -0.4 is 11.1 Å². The molecule has 3 rings (SSSR count). The Morgan fingerprint density at radius 2 is 2.00 bits per heavy atom. The van der Waals surface area contributed by atoms with Crippen LogP contribution in [0, 0.1) is 5.92 Å². The highest BCUT2D eigenvalue weighted by atomic mass is 35.5. The van der Waals surface area contributed by atoms with E-state index in [-0.39, 0.29) is 42.7 Å². The van der Waals surface area contributed by atoms with Crippen LogP contribution in [0.5, 0.6) is 0 Å². The van der Waals surface area contributed by atoms with Crippen molar-refractivity contribution < 1.29 is 9.53 Å². The topological polar surface area (TPSA) is 85.4 Å². The predicted octanol–water partition coefficient (Wildman–Crippen LogP) is 1.71. The zero-order chi connectivity index (χ0) is 17.6. The Balaban J connectivity index is 0.00000182. The second kappa shape index (κ2) is 12.1. The van der Waals surface area contributed by atoms with Gasteiger partial charge in [0, 0.05) is 51.1 Å². The van der Waals surface area contributed by atoms with Gasteiger partial charge in [-0.1, -0.05) is 11.6 Å². The van der Waals surface area contributed by atoms with Gasteiger partial charge in [0.25, 0.3) is 0 Å². The third-order valence-corrected chi connectivity index (χ3v) is 5.32. The van der Waals surface area contributed by atoms with Crippen molar-refractivity contribution in [2.45, 2.75) is 44.3 Å². The van der Waals surface area contributed by atoms with Gasteiger partial charge in [0.2, 0.25) is 5.91 Å². The summed E-state index contributed by atoms with van der Waals surface area (Å²) in [5, 5.41) is 7.77. The summed E-state index contributed by atoms with van der Waals surface area (Å²) in [7, 11) is 0. The molecule has 2 aliphatic rings. The number of rotatable bonds is 5. The van der Waals surface area contributed by atoms with Gasteiger partial charge in [0.1, 0.15) is 0 Å². The standard InChI is InChI=1S/C17H28ClN5O2.2ClH/c18-14-9-21-23(11-14)6-5-20-17(24)13-1-2-15(19)12-22(10-13)16-3-7-25-8-4-16;;/h9,11,13,15-16H,1-8,10,12,19H2,(H,20,24);2*1H/t13-,15+;;/m1../s1. The van der Waals surface area contributed by atoms with Crippen LogP contribution in [0.2, 0.25) is 5.02 Å². The maximum absolute atomic E-state index is 12.6. The molecule has 1 aromatic heterocycles. The normalized spacial score (nSPS) is 24.4. The van der Waals surface area contributed by atoms with Gasteiger partial charge in [0.15, 0.2) is 0 Å². The summed E-state index contributed by atoms with van der Waals surface area (Å²) < 4.78 is 7.20. The minimum Gasteiger partial charge on any atom is -0.381 e. The van der Waals surface area contributed by atoms with Gasteiger partial charge >= 0.3 is 0 Å². The van der Waals surface area contributed by atoms with Gasteiger partial charge in [-0.3, -0.25) is 14.4 Å². The van der Waals surface area contributed by atoms with Crippen LogP contribution in [0.1, 0.15) is 25.7 Å². The second-order valence-corrected chi connectivity index (χ2v) is 7.48. The minimum atomic E-state index is -0.00222. The van der Waals surface area contributed by atoms with Gasteiger partial charge in [-0.05, 0) is 25.7 Å².